The van der Waals surface area contributed by atoms with Crippen LogP contribution in [0.1, 0.15) is 0 Å². The molecule has 86 valence electrons. The number of thioether (sulfide) groups is 1. The van der Waals surface area contributed by atoms with E-state index in [1.165, 1.54) is 0 Å². The molecule has 1 fully saturated rings. The number of para-hydroxylation sites is 1. The first-order chi connectivity index (χ1) is 7.77. The predicted octanol–water partition coefficient (Wildman–Crippen LogP) is 1.93. The molecule has 1 aromatic rings. The minimum atomic E-state index is -0.0604. The summed E-state index contributed by atoms with van der Waals surface area (Å²) in [6.45, 7) is 0.911. The Hall–Kier alpha value is -0.270. The highest BCUT2D eigenvalue weighted by atomic mass is 127. The zero-order chi connectivity index (χ0) is 11.4. The molecule has 1 aliphatic rings. The maximum Gasteiger partial charge on any atom is 0.242 e. The van der Waals surface area contributed by atoms with Crippen molar-refractivity contribution in [3.63, 3.8) is 0 Å². The molecular formula is C11H13IN2OS. The number of rotatable bonds is 2. The van der Waals surface area contributed by atoms with Crippen LogP contribution in [0.5, 0.6) is 0 Å². The second-order valence-electron chi connectivity index (χ2n) is 3.55. The molecule has 0 bridgehead atoms. The lowest BCUT2D eigenvalue weighted by molar-refractivity contribution is -0.117. The van der Waals surface area contributed by atoms with Crippen LogP contribution in [0.25, 0.3) is 0 Å². The molecule has 1 unspecified atom stereocenters. The number of anilines is 1. The molecule has 1 saturated heterocycles. The van der Waals surface area contributed by atoms with Gasteiger partial charge in [0.1, 0.15) is 0 Å². The largest absolute Gasteiger partial charge is 0.324 e. The van der Waals surface area contributed by atoms with Crippen molar-refractivity contribution >= 4 is 45.9 Å². The zero-order valence-corrected chi connectivity index (χ0v) is 11.7. The Morgan fingerprint density at radius 1 is 1.50 bits per heavy atom. The fourth-order valence-corrected chi connectivity index (χ4v) is 2.97. The summed E-state index contributed by atoms with van der Waals surface area (Å²) in [4.78, 5) is 11.9. The molecule has 0 spiro atoms. The van der Waals surface area contributed by atoms with Gasteiger partial charge in [0.25, 0.3) is 0 Å². The average Bonchev–Trinajstić information content (AvgIpc) is 2.33. The molecule has 5 heteroatoms. The van der Waals surface area contributed by atoms with Crippen LogP contribution in [0.4, 0.5) is 5.69 Å². The number of nitrogens with one attached hydrogen (secondary N) is 2. The van der Waals surface area contributed by atoms with E-state index in [1.54, 1.807) is 0 Å². The molecule has 0 radical (unpaired) electrons. The van der Waals surface area contributed by atoms with Gasteiger partial charge in [0, 0.05) is 21.6 Å². The van der Waals surface area contributed by atoms with E-state index < -0.39 is 0 Å². The highest BCUT2D eigenvalue weighted by molar-refractivity contribution is 14.1. The molecular weight excluding hydrogens is 335 g/mol. The second-order valence-corrected chi connectivity index (χ2v) is 5.86. The molecule has 1 aromatic carbocycles. The fraction of sp³-hybridized carbons (Fsp3) is 0.364. The first-order valence-electron chi connectivity index (χ1n) is 5.14. The molecule has 2 rings (SSSR count). The van der Waals surface area contributed by atoms with Gasteiger partial charge < -0.3 is 10.6 Å². The summed E-state index contributed by atoms with van der Waals surface area (Å²) < 4.78 is 1.07. The number of carbonyl (C=O) groups is 1. The standard InChI is InChI=1S/C11H13IN2OS/c12-8-3-1-2-4-9(8)14-11(15)10-7-16-6-5-13-10/h1-4,10,13H,5-7H2,(H,14,15). The lowest BCUT2D eigenvalue weighted by Crippen LogP contribution is -2.46. The summed E-state index contributed by atoms with van der Waals surface area (Å²) in [6.07, 6.45) is 0. The summed E-state index contributed by atoms with van der Waals surface area (Å²) in [6, 6.07) is 7.75. The third kappa shape index (κ3) is 3.11. The van der Waals surface area contributed by atoms with Gasteiger partial charge >= 0.3 is 0 Å². The van der Waals surface area contributed by atoms with Crippen LogP contribution in [-0.2, 0) is 4.79 Å². The molecule has 1 atom stereocenters. The fourth-order valence-electron chi connectivity index (χ4n) is 1.52. The highest BCUT2D eigenvalue weighted by Crippen LogP contribution is 2.18. The van der Waals surface area contributed by atoms with E-state index in [-0.39, 0.29) is 11.9 Å². The third-order valence-corrected chi connectivity index (χ3v) is 4.37. The van der Waals surface area contributed by atoms with Crippen LogP contribution in [0.2, 0.25) is 0 Å². The summed E-state index contributed by atoms with van der Waals surface area (Å²) in [5.41, 5.74) is 0.894. The van der Waals surface area contributed by atoms with Crippen LogP contribution >= 0.6 is 34.4 Å². The highest BCUT2D eigenvalue weighted by Gasteiger charge is 2.21. The summed E-state index contributed by atoms with van der Waals surface area (Å²) >= 11 is 4.05. The van der Waals surface area contributed by atoms with Crippen molar-refractivity contribution in [3.05, 3.63) is 27.8 Å². The summed E-state index contributed by atoms with van der Waals surface area (Å²) in [5.74, 6) is 2.01. The Kier molecular flexibility index (Phi) is 4.48. The van der Waals surface area contributed by atoms with E-state index in [0.717, 1.165) is 27.3 Å². The van der Waals surface area contributed by atoms with Gasteiger partial charge in [-0.2, -0.15) is 11.8 Å². The molecule has 1 aliphatic heterocycles. The van der Waals surface area contributed by atoms with E-state index in [9.17, 15) is 4.79 Å². The number of hydrogen-bond donors (Lipinski definition) is 2. The van der Waals surface area contributed by atoms with Gasteiger partial charge in [-0.05, 0) is 34.7 Å². The molecule has 3 nitrogen and oxygen atoms in total. The first-order valence-corrected chi connectivity index (χ1v) is 7.37. The van der Waals surface area contributed by atoms with Gasteiger partial charge in [0.05, 0.1) is 11.7 Å². The quantitative estimate of drug-likeness (QED) is 0.803. The SMILES string of the molecule is O=C(Nc1ccccc1I)C1CSCCN1. The number of hydrogen-bond acceptors (Lipinski definition) is 3. The van der Waals surface area contributed by atoms with Crippen LogP contribution in [-0.4, -0.2) is 30.0 Å². The van der Waals surface area contributed by atoms with Crippen molar-refractivity contribution in [2.24, 2.45) is 0 Å². The van der Waals surface area contributed by atoms with Crippen LogP contribution in [0.3, 0.4) is 0 Å². The van der Waals surface area contributed by atoms with E-state index in [1.807, 2.05) is 36.0 Å². The molecule has 0 aromatic heterocycles. The van der Waals surface area contributed by atoms with Gasteiger partial charge in [0.2, 0.25) is 5.91 Å². The summed E-state index contributed by atoms with van der Waals surface area (Å²) in [7, 11) is 0. The molecule has 1 amide bonds. The Morgan fingerprint density at radius 3 is 3.00 bits per heavy atom. The average molecular weight is 348 g/mol. The van der Waals surface area contributed by atoms with E-state index >= 15 is 0 Å². The summed E-state index contributed by atoms with van der Waals surface area (Å²) in [5, 5.41) is 6.18. The van der Waals surface area contributed by atoms with Gasteiger partial charge in [-0.3, -0.25) is 4.79 Å². The van der Waals surface area contributed by atoms with Gasteiger partial charge in [-0.25, -0.2) is 0 Å². The van der Waals surface area contributed by atoms with Crippen molar-refractivity contribution in [3.8, 4) is 0 Å². The number of benzene rings is 1. The maximum absolute atomic E-state index is 11.9. The van der Waals surface area contributed by atoms with Crippen LogP contribution < -0.4 is 10.6 Å². The minimum absolute atomic E-state index is 0.0604. The van der Waals surface area contributed by atoms with Gasteiger partial charge in [-0.15, -0.1) is 0 Å². The number of halogens is 1. The second kappa shape index (κ2) is 5.88. The predicted molar refractivity (Wildman–Crippen MR) is 76.9 cm³/mol. The van der Waals surface area contributed by atoms with Crippen LogP contribution in [0.15, 0.2) is 24.3 Å². The first kappa shape index (κ1) is 12.2. The lowest BCUT2D eigenvalue weighted by atomic mass is 10.2. The lowest BCUT2D eigenvalue weighted by Gasteiger charge is -2.22. The zero-order valence-electron chi connectivity index (χ0n) is 8.70. The van der Waals surface area contributed by atoms with Crippen molar-refractivity contribution in [1.29, 1.82) is 0 Å². The van der Waals surface area contributed by atoms with Crippen LogP contribution in [0, 0.1) is 3.57 Å². The monoisotopic (exact) mass is 348 g/mol. The van der Waals surface area contributed by atoms with Crippen molar-refractivity contribution < 1.29 is 4.79 Å². The molecule has 0 saturated carbocycles. The molecule has 1 heterocycles. The Bertz CT molecular complexity index is 380. The van der Waals surface area contributed by atoms with Crippen molar-refractivity contribution in [2.45, 2.75) is 6.04 Å². The Labute approximate surface area is 113 Å². The number of carbonyl (C=O) groups excluding carboxylic acids is 1. The van der Waals surface area contributed by atoms with E-state index in [0.29, 0.717) is 0 Å². The van der Waals surface area contributed by atoms with E-state index in [2.05, 4.69) is 33.2 Å². The van der Waals surface area contributed by atoms with E-state index in [4.69, 9.17) is 0 Å². The normalized spacial score (nSPS) is 20.4. The third-order valence-electron chi connectivity index (χ3n) is 2.37. The maximum atomic E-state index is 11.9. The van der Waals surface area contributed by atoms with Gasteiger partial charge in [0.15, 0.2) is 0 Å². The molecule has 0 aliphatic carbocycles. The van der Waals surface area contributed by atoms with Crippen molar-refractivity contribution in [2.75, 3.05) is 23.4 Å². The van der Waals surface area contributed by atoms with Crippen molar-refractivity contribution in [1.82, 2.24) is 5.32 Å². The molecule has 16 heavy (non-hydrogen) atoms. The number of amides is 1. The van der Waals surface area contributed by atoms with Gasteiger partial charge in [-0.1, -0.05) is 12.1 Å². The smallest absolute Gasteiger partial charge is 0.242 e. The molecule has 2 N–H and O–H groups in total. The Morgan fingerprint density at radius 2 is 2.31 bits per heavy atom. The Balaban J connectivity index is 1.99. The minimum Gasteiger partial charge on any atom is -0.324 e. The topological polar surface area (TPSA) is 41.1 Å².